The van der Waals surface area contributed by atoms with Crippen LogP contribution < -0.4 is 11.3 Å². The van der Waals surface area contributed by atoms with Crippen molar-refractivity contribution in [2.75, 3.05) is 6.61 Å². The van der Waals surface area contributed by atoms with Gasteiger partial charge in [0.15, 0.2) is 5.65 Å². The number of nitrogens with zero attached hydrogens (tertiary/aromatic N) is 4. The Labute approximate surface area is 207 Å². The molecule has 2 fully saturated rings. The van der Waals surface area contributed by atoms with Gasteiger partial charge in [0.1, 0.15) is 10.7 Å². The number of nitrogens with two attached hydrogens (primary N) is 1. The van der Waals surface area contributed by atoms with Gasteiger partial charge in [0, 0.05) is 47.3 Å². The minimum absolute atomic E-state index is 0.0606. The Morgan fingerprint density at radius 3 is 2.68 bits per heavy atom. The molecule has 1 saturated heterocycles. The van der Waals surface area contributed by atoms with Crippen LogP contribution in [0.2, 0.25) is 10.0 Å². The number of ether oxygens (including phenoxy) is 1. The van der Waals surface area contributed by atoms with Crippen molar-refractivity contribution in [1.29, 1.82) is 0 Å². The number of benzene rings is 1. The van der Waals surface area contributed by atoms with Crippen LogP contribution in [0.5, 0.6) is 0 Å². The lowest BCUT2D eigenvalue weighted by Crippen LogP contribution is -2.29. The molecule has 176 valence electrons. The Morgan fingerprint density at radius 2 is 1.97 bits per heavy atom. The lowest BCUT2D eigenvalue weighted by Gasteiger charge is -2.30. The number of aromatic nitrogens is 3. The fourth-order valence-electron chi connectivity index (χ4n) is 4.19. The van der Waals surface area contributed by atoms with Gasteiger partial charge in [0.25, 0.3) is 5.56 Å². The molecule has 1 aliphatic carbocycles. The highest BCUT2D eigenvalue weighted by molar-refractivity contribution is 6.31. The van der Waals surface area contributed by atoms with Crippen LogP contribution in [0.15, 0.2) is 52.0 Å². The maximum Gasteiger partial charge on any atom is 0.277 e. The Kier molecular flexibility index (Phi) is 6.42. The predicted octanol–water partition coefficient (Wildman–Crippen LogP) is 4.71. The largest absolute Gasteiger partial charge is 0.404 e. The average Bonchev–Trinajstić information content (AvgIpc) is 3.68. The summed E-state index contributed by atoms with van der Waals surface area (Å²) in [6.07, 6.45) is 8.70. The molecule has 2 aromatic heterocycles. The van der Waals surface area contributed by atoms with Crippen LogP contribution in [0.3, 0.4) is 0 Å². The van der Waals surface area contributed by atoms with Crippen molar-refractivity contribution in [3.8, 4) is 11.3 Å². The highest BCUT2D eigenvalue weighted by Crippen LogP contribution is 2.34. The molecule has 7 nitrogen and oxygen atoms in total. The average molecular weight is 498 g/mol. The minimum atomic E-state index is -0.314. The molecular weight excluding hydrogens is 473 g/mol. The molecule has 3 heterocycles. The van der Waals surface area contributed by atoms with Gasteiger partial charge in [-0.15, -0.1) is 0 Å². The summed E-state index contributed by atoms with van der Waals surface area (Å²) in [4.78, 5) is 27.2. The summed E-state index contributed by atoms with van der Waals surface area (Å²) in [5.41, 5.74) is 9.60. The summed E-state index contributed by atoms with van der Waals surface area (Å²) in [7, 11) is 0. The highest BCUT2D eigenvalue weighted by Gasteiger charge is 2.29. The van der Waals surface area contributed by atoms with Crippen molar-refractivity contribution in [2.45, 2.75) is 50.7 Å². The first-order valence-electron chi connectivity index (χ1n) is 11.4. The Morgan fingerprint density at radius 1 is 1.21 bits per heavy atom. The van der Waals surface area contributed by atoms with E-state index in [-0.39, 0.29) is 22.6 Å². The third-order valence-electron chi connectivity index (χ3n) is 6.31. The van der Waals surface area contributed by atoms with Crippen molar-refractivity contribution in [3.63, 3.8) is 0 Å². The molecular formula is C25H25Cl2N5O2. The second kappa shape index (κ2) is 9.49. The first kappa shape index (κ1) is 23.0. The van der Waals surface area contributed by atoms with E-state index in [9.17, 15) is 4.79 Å². The van der Waals surface area contributed by atoms with E-state index >= 15 is 0 Å². The summed E-state index contributed by atoms with van der Waals surface area (Å²) < 4.78 is 7.53. The van der Waals surface area contributed by atoms with Crippen molar-refractivity contribution in [2.24, 2.45) is 10.7 Å². The lowest BCUT2D eigenvalue weighted by molar-refractivity contribution is 0.0320. The van der Waals surface area contributed by atoms with Crippen LogP contribution >= 0.6 is 23.2 Å². The second-order valence-corrected chi connectivity index (χ2v) is 9.60. The van der Waals surface area contributed by atoms with Gasteiger partial charge in [-0.05, 0) is 44.7 Å². The van der Waals surface area contributed by atoms with Gasteiger partial charge < -0.3 is 10.5 Å². The van der Waals surface area contributed by atoms with Gasteiger partial charge in [-0.3, -0.25) is 14.2 Å². The van der Waals surface area contributed by atoms with E-state index in [1.807, 2.05) is 18.3 Å². The van der Waals surface area contributed by atoms with Crippen LogP contribution in [-0.2, 0) is 4.74 Å². The zero-order valence-electron chi connectivity index (χ0n) is 18.7. The molecule has 0 spiro atoms. The minimum Gasteiger partial charge on any atom is -0.404 e. The molecule has 5 rings (SSSR count). The molecule has 9 heteroatoms. The fraction of sp³-hybridized carbons (Fsp3) is 0.360. The number of hydrogen-bond donors (Lipinski definition) is 1. The van der Waals surface area contributed by atoms with Crippen molar-refractivity contribution in [3.05, 3.63) is 74.0 Å². The number of rotatable bonds is 5. The monoisotopic (exact) mass is 497 g/mol. The zero-order chi connectivity index (χ0) is 23.8. The van der Waals surface area contributed by atoms with Gasteiger partial charge in [0.2, 0.25) is 0 Å². The van der Waals surface area contributed by atoms with Crippen molar-refractivity contribution in [1.82, 2.24) is 14.4 Å². The predicted molar refractivity (Wildman–Crippen MR) is 135 cm³/mol. The van der Waals surface area contributed by atoms with Crippen LogP contribution in [-0.4, -0.2) is 39.3 Å². The Bertz CT molecular complexity index is 1350. The zero-order valence-corrected chi connectivity index (χ0v) is 20.3. The summed E-state index contributed by atoms with van der Waals surface area (Å²) in [6, 6.07) is 7.75. The normalized spacial score (nSPS) is 21.4. The van der Waals surface area contributed by atoms with E-state index < -0.39 is 0 Å². The Hall–Kier alpha value is -2.74. The molecule has 2 atom stereocenters. The van der Waals surface area contributed by atoms with Gasteiger partial charge in [-0.1, -0.05) is 35.3 Å². The van der Waals surface area contributed by atoms with Gasteiger partial charge in [-0.2, -0.15) is 0 Å². The second-order valence-electron chi connectivity index (χ2n) is 8.79. The Balaban J connectivity index is 1.57. The van der Waals surface area contributed by atoms with Crippen LogP contribution in [0, 0.1) is 6.92 Å². The molecule has 0 radical (unpaired) electrons. The third-order valence-corrected chi connectivity index (χ3v) is 6.99. The fourth-order valence-corrected chi connectivity index (χ4v) is 4.45. The summed E-state index contributed by atoms with van der Waals surface area (Å²) in [5, 5.41) is 0.723. The van der Waals surface area contributed by atoms with E-state index in [1.165, 1.54) is 4.40 Å². The smallest absolute Gasteiger partial charge is 0.277 e. The highest BCUT2D eigenvalue weighted by atomic mass is 35.5. The molecule has 0 amide bonds. The number of aliphatic imine (C=N–C) groups is 1. The first-order chi connectivity index (χ1) is 16.4. The van der Waals surface area contributed by atoms with Crippen molar-refractivity contribution >= 4 is 35.1 Å². The number of aryl methyl sites for hydroxylation is 1. The quantitative estimate of drug-likeness (QED) is 0.515. The molecule has 1 saturated carbocycles. The number of hydrogen-bond acceptors (Lipinski definition) is 6. The van der Waals surface area contributed by atoms with E-state index in [2.05, 4.69) is 9.98 Å². The molecule has 34 heavy (non-hydrogen) atoms. The van der Waals surface area contributed by atoms with Crippen molar-refractivity contribution < 1.29 is 4.74 Å². The summed E-state index contributed by atoms with van der Waals surface area (Å²) >= 11 is 12.4. The van der Waals surface area contributed by atoms with E-state index in [0.717, 1.165) is 36.1 Å². The number of halogens is 2. The van der Waals surface area contributed by atoms with Crippen LogP contribution in [0.1, 0.15) is 43.0 Å². The molecule has 1 aromatic carbocycles. The van der Waals surface area contributed by atoms with Gasteiger partial charge in [-0.25, -0.2) is 9.97 Å². The molecule has 3 aromatic rings. The maximum absolute atomic E-state index is 13.1. The molecule has 2 aliphatic rings. The first-order valence-corrected chi connectivity index (χ1v) is 12.1. The lowest BCUT2D eigenvalue weighted by atomic mass is 9.89. The van der Waals surface area contributed by atoms with Crippen LogP contribution in [0.25, 0.3) is 16.9 Å². The van der Waals surface area contributed by atoms with E-state index in [0.29, 0.717) is 41.1 Å². The van der Waals surface area contributed by atoms with Gasteiger partial charge in [0.05, 0.1) is 23.5 Å². The standard InChI is InChI=1S/C25H25Cl2N5O2/c1-14-22(27)25(33)32-13-20(31-23(24(32)30-14)15-2-4-18(26)5-3-15)16-8-9-34-21(10-16)17(11-28)12-29-19-6-7-19/h2-5,11-13,16,19,21H,6-10,28H2,1H3/b17-11+,29-12?. The number of fused-ring (bicyclic) bond motifs is 1. The topological polar surface area (TPSA) is 94.9 Å². The molecule has 2 N–H and O–H groups in total. The maximum atomic E-state index is 13.1. The third kappa shape index (κ3) is 4.60. The molecule has 2 unspecified atom stereocenters. The molecule has 0 bridgehead atoms. The van der Waals surface area contributed by atoms with E-state index in [1.54, 1.807) is 31.5 Å². The van der Waals surface area contributed by atoms with E-state index in [4.69, 9.17) is 38.7 Å². The van der Waals surface area contributed by atoms with Gasteiger partial charge >= 0.3 is 0 Å². The summed E-state index contributed by atoms with van der Waals surface area (Å²) in [6.45, 7) is 2.28. The van der Waals surface area contributed by atoms with Crippen LogP contribution in [0.4, 0.5) is 0 Å². The SMILES string of the molecule is Cc1nc2c(-c3ccc(Cl)cc3)nc(C3CCOC(/C(C=NC4CC4)=C/N)C3)cn2c(=O)c1Cl. The molecule has 1 aliphatic heterocycles. The summed E-state index contributed by atoms with van der Waals surface area (Å²) in [5.74, 6) is 0.0606.